The Morgan fingerprint density at radius 3 is 2.78 bits per heavy atom. The number of aryl methyl sites for hydroxylation is 1. The van der Waals surface area contributed by atoms with Gasteiger partial charge in [-0.3, -0.25) is 9.59 Å². The molecular formula is C19H27N4O3S+. The fourth-order valence-electron chi connectivity index (χ4n) is 3.56. The van der Waals surface area contributed by atoms with Gasteiger partial charge in [-0.25, -0.2) is 0 Å². The number of carbonyl (C=O) groups is 2. The van der Waals surface area contributed by atoms with E-state index in [1.54, 1.807) is 11.3 Å². The molecule has 0 aromatic carbocycles. The molecule has 0 bridgehead atoms. The SMILES string of the molecule is C[NH+](CCC(=O)Nc1sc2c(c1C#N)CCCC2)CC(=O)N1CCOCC1. The van der Waals surface area contributed by atoms with Crippen LogP contribution in [0.3, 0.4) is 0 Å². The maximum atomic E-state index is 12.3. The Kier molecular flexibility index (Phi) is 6.83. The minimum absolute atomic E-state index is 0.0942. The van der Waals surface area contributed by atoms with E-state index < -0.39 is 0 Å². The van der Waals surface area contributed by atoms with Gasteiger partial charge in [0.25, 0.3) is 5.91 Å². The Morgan fingerprint density at radius 2 is 2.04 bits per heavy atom. The summed E-state index contributed by atoms with van der Waals surface area (Å²) >= 11 is 1.54. The minimum atomic E-state index is -0.0942. The predicted molar refractivity (Wildman–Crippen MR) is 103 cm³/mol. The second-order valence-electron chi connectivity index (χ2n) is 7.20. The summed E-state index contributed by atoms with van der Waals surface area (Å²) in [7, 11) is 1.93. The molecule has 1 aromatic heterocycles. The number of hydrogen-bond acceptors (Lipinski definition) is 5. The van der Waals surface area contributed by atoms with Crippen LogP contribution < -0.4 is 10.2 Å². The van der Waals surface area contributed by atoms with E-state index in [1.807, 2.05) is 11.9 Å². The Morgan fingerprint density at radius 1 is 1.30 bits per heavy atom. The van der Waals surface area contributed by atoms with Gasteiger partial charge in [0.1, 0.15) is 11.1 Å². The second kappa shape index (κ2) is 9.31. The maximum absolute atomic E-state index is 12.3. The number of likely N-dealkylation sites (N-methyl/N-ethyl adjacent to an activating group) is 1. The first kappa shape index (κ1) is 19.8. The van der Waals surface area contributed by atoms with Crippen molar-refractivity contribution in [3.05, 3.63) is 16.0 Å². The number of ether oxygens (including phenoxy) is 1. The van der Waals surface area contributed by atoms with Crippen LogP contribution in [0.15, 0.2) is 0 Å². The van der Waals surface area contributed by atoms with Crippen molar-refractivity contribution in [3.8, 4) is 6.07 Å². The molecule has 1 unspecified atom stereocenters. The van der Waals surface area contributed by atoms with Crippen molar-refractivity contribution in [2.75, 3.05) is 51.8 Å². The van der Waals surface area contributed by atoms with Gasteiger partial charge in [-0.05, 0) is 31.2 Å². The summed E-state index contributed by atoms with van der Waals surface area (Å²) in [6.07, 6.45) is 4.52. The summed E-state index contributed by atoms with van der Waals surface area (Å²) < 4.78 is 5.26. The standard InChI is InChI=1S/C19H26N4O3S/c1-22(13-18(25)23-8-10-26-11-9-23)7-6-17(24)21-19-15(12-20)14-4-2-3-5-16(14)27-19/h2-11,13H2,1H3,(H,21,24)/p+1. The lowest BCUT2D eigenvalue weighted by molar-refractivity contribution is -0.870. The molecule has 1 aliphatic heterocycles. The average Bonchev–Trinajstić information content (AvgIpc) is 3.03. The highest BCUT2D eigenvalue weighted by molar-refractivity contribution is 7.16. The molecule has 8 heteroatoms. The molecule has 1 atom stereocenters. The van der Waals surface area contributed by atoms with E-state index in [1.165, 1.54) is 4.88 Å². The number of quaternary nitrogens is 1. The monoisotopic (exact) mass is 391 g/mol. The van der Waals surface area contributed by atoms with Gasteiger partial charge in [-0.1, -0.05) is 0 Å². The molecule has 2 heterocycles. The number of hydrogen-bond donors (Lipinski definition) is 2. The van der Waals surface area contributed by atoms with Gasteiger partial charge >= 0.3 is 0 Å². The summed E-state index contributed by atoms with van der Waals surface area (Å²) in [6.45, 7) is 3.44. The number of thiophene rings is 1. The van der Waals surface area contributed by atoms with Gasteiger partial charge in [-0.15, -0.1) is 11.3 Å². The fraction of sp³-hybridized carbons (Fsp3) is 0.632. The summed E-state index contributed by atoms with van der Waals surface area (Å²) in [4.78, 5) is 28.7. The molecule has 1 fully saturated rings. The molecule has 3 rings (SSSR count). The number of nitrogens with zero attached hydrogens (tertiary/aromatic N) is 2. The first-order valence-corrected chi connectivity index (χ1v) is 10.4. The summed E-state index contributed by atoms with van der Waals surface area (Å²) in [6, 6.07) is 2.27. The molecule has 0 spiro atoms. The van der Waals surface area contributed by atoms with Crippen LogP contribution in [0.25, 0.3) is 0 Å². The third-order valence-corrected chi connectivity index (χ3v) is 6.34. The number of carbonyl (C=O) groups excluding carboxylic acids is 2. The highest BCUT2D eigenvalue weighted by Gasteiger charge is 2.23. The van der Waals surface area contributed by atoms with Crippen LogP contribution in [0.4, 0.5) is 5.00 Å². The fourth-order valence-corrected chi connectivity index (χ4v) is 4.82. The van der Waals surface area contributed by atoms with Gasteiger partial charge < -0.3 is 19.9 Å². The van der Waals surface area contributed by atoms with E-state index in [0.717, 1.165) is 36.1 Å². The molecule has 7 nitrogen and oxygen atoms in total. The summed E-state index contributed by atoms with van der Waals surface area (Å²) in [5.41, 5.74) is 1.77. The average molecular weight is 392 g/mol. The zero-order valence-electron chi connectivity index (χ0n) is 15.8. The van der Waals surface area contributed by atoms with Crippen LogP contribution in [0.2, 0.25) is 0 Å². The van der Waals surface area contributed by atoms with Crippen molar-refractivity contribution in [1.29, 1.82) is 5.26 Å². The van der Waals surface area contributed by atoms with Crippen molar-refractivity contribution in [3.63, 3.8) is 0 Å². The zero-order valence-corrected chi connectivity index (χ0v) is 16.6. The lowest BCUT2D eigenvalue weighted by Gasteiger charge is -2.27. The minimum Gasteiger partial charge on any atom is -0.378 e. The molecule has 1 aromatic rings. The maximum Gasteiger partial charge on any atom is 0.277 e. The van der Waals surface area contributed by atoms with Crippen LogP contribution in [-0.4, -0.2) is 63.2 Å². The van der Waals surface area contributed by atoms with E-state index in [2.05, 4.69) is 11.4 Å². The number of morpholine rings is 1. The van der Waals surface area contributed by atoms with E-state index in [-0.39, 0.29) is 11.8 Å². The number of nitrogens with one attached hydrogen (secondary N) is 2. The number of anilines is 1. The van der Waals surface area contributed by atoms with E-state index in [0.29, 0.717) is 56.4 Å². The first-order chi connectivity index (χ1) is 13.1. The van der Waals surface area contributed by atoms with Gasteiger partial charge in [0, 0.05) is 18.0 Å². The largest absolute Gasteiger partial charge is 0.378 e. The van der Waals surface area contributed by atoms with E-state index in [4.69, 9.17) is 4.74 Å². The van der Waals surface area contributed by atoms with Gasteiger partial charge in [0.2, 0.25) is 5.91 Å². The summed E-state index contributed by atoms with van der Waals surface area (Å²) in [5, 5.41) is 13.1. The normalized spacial score (nSPS) is 17.7. The molecule has 27 heavy (non-hydrogen) atoms. The van der Waals surface area contributed by atoms with Crippen LogP contribution in [0, 0.1) is 11.3 Å². The molecule has 146 valence electrons. The van der Waals surface area contributed by atoms with Crippen molar-refractivity contribution in [1.82, 2.24) is 4.90 Å². The smallest absolute Gasteiger partial charge is 0.277 e. The Bertz CT molecular complexity index is 734. The van der Waals surface area contributed by atoms with Crippen LogP contribution in [0.5, 0.6) is 0 Å². The topological polar surface area (TPSA) is 86.9 Å². The molecule has 1 saturated heterocycles. The molecule has 2 N–H and O–H groups in total. The van der Waals surface area contributed by atoms with Crippen molar-refractivity contribution >= 4 is 28.2 Å². The zero-order chi connectivity index (χ0) is 19.2. The van der Waals surface area contributed by atoms with Crippen LogP contribution in [-0.2, 0) is 27.2 Å². The molecule has 0 radical (unpaired) electrons. The number of nitriles is 1. The van der Waals surface area contributed by atoms with E-state index >= 15 is 0 Å². The second-order valence-corrected chi connectivity index (χ2v) is 8.31. The van der Waals surface area contributed by atoms with Gasteiger partial charge in [0.15, 0.2) is 6.54 Å². The van der Waals surface area contributed by atoms with Crippen molar-refractivity contribution < 1.29 is 19.2 Å². The highest BCUT2D eigenvalue weighted by atomic mass is 32.1. The van der Waals surface area contributed by atoms with Crippen LogP contribution in [0.1, 0.15) is 35.3 Å². The Labute approximate surface area is 163 Å². The third-order valence-electron chi connectivity index (χ3n) is 5.13. The Balaban J connectivity index is 1.47. The van der Waals surface area contributed by atoms with Crippen molar-refractivity contribution in [2.45, 2.75) is 32.1 Å². The lowest BCUT2D eigenvalue weighted by atomic mass is 9.96. The van der Waals surface area contributed by atoms with Gasteiger partial charge in [-0.2, -0.15) is 5.26 Å². The third kappa shape index (κ3) is 5.06. The number of amides is 2. The molecule has 2 amide bonds. The molecule has 0 saturated carbocycles. The lowest BCUT2D eigenvalue weighted by Crippen LogP contribution is -3.10. The quantitative estimate of drug-likeness (QED) is 0.725. The van der Waals surface area contributed by atoms with Crippen LogP contribution >= 0.6 is 11.3 Å². The highest BCUT2D eigenvalue weighted by Crippen LogP contribution is 2.37. The molecule has 1 aliphatic carbocycles. The summed E-state index contributed by atoms with van der Waals surface area (Å²) in [5.74, 6) is 0.0113. The van der Waals surface area contributed by atoms with Gasteiger partial charge in [0.05, 0.1) is 38.8 Å². The predicted octanol–water partition coefficient (Wildman–Crippen LogP) is 0.201. The van der Waals surface area contributed by atoms with E-state index in [9.17, 15) is 14.9 Å². The molecular weight excluding hydrogens is 364 g/mol. The number of rotatable bonds is 6. The molecule has 2 aliphatic rings. The first-order valence-electron chi connectivity index (χ1n) is 9.59. The Hall–Kier alpha value is -1.95. The van der Waals surface area contributed by atoms with Crippen molar-refractivity contribution in [2.24, 2.45) is 0 Å². The number of fused-ring (bicyclic) bond motifs is 1.